The highest BCUT2D eigenvalue weighted by molar-refractivity contribution is 5.70. The van der Waals surface area contributed by atoms with Gasteiger partial charge in [-0.25, -0.2) is 9.37 Å². The van der Waals surface area contributed by atoms with Gasteiger partial charge in [0.05, 0.1) is 19.5 Å². The second-order valence-corrected chi connectivity index (χ2v) is 4.01. The fourth-order valence-corrected chi connectivity index (χ4v) is 1.70. The number of nitrogens with two attached hydrogens (primary N) is 1. The van der Waals surface area contributed by atoms with Crippen LogP contribution >= 0.6 is 0 Å². The molecule has 0 saturated carbocycles. The minimum atomic E-state index is -1.18. The lowest BCUT2D eigenvalue weighted by Gasteiger charge is -2.21. The molecule has 0 aromatic carbocycles. The van der Waals surface area contributed by atoms with Crippen LogP contribution in [0.15, 0.2) is 11.1 Å². The number of aromatic amines is 1. The number of alkyl halides is 1. The van der Waals surface area contributed by atoms with E-state index in [1.54, 1.807) is 0 Å². The van der Waals surface area contributed by atoms with E-state index in [4.69, 9.17) is 20.7 Å². The van der Waals surface area contributed by atoms with Crippen LogP contribution in [0.2, 0.25) is 0 Å². The van der Waals surface area contributed by atoms with Gasteiger partial charge in [-0.15, -0.1) is 0 Å². The van der Waals surface area contributed by atoms with E-state index in [0.29, 0.717) is 0 Å². The number of hydrogen-bond donors (Lipinski definition) is 4. The van der Waals surface area contributed by atoms with Crippen LogP contribution < -0.4 is 11.3 Å². The zero-order valence-corrected chi connectivity index (χ0v) is 10.4. The molecule has 0 unspecified atom stereocenters. The first kappa shape index (κ1) is 14.4. The molecule has 1 atom stereocenters. The second kappa shape index (κ2) is 5.94. The number of nitrogens with zero attached hydrogens (tertiary/aromatic N) is 3. The molecule has 0 aliphatic rings. The van der Waals surface area contributed by atoms with Crippen molar-refractivity contribution in [1.82, 2.24) is 19.5 Å². The van der Waals surface area contributed by atoms with E-state index in [0.717, 1.165) is 0 Å². The first-order valence-electron chi connectivity index (χ1n) is 5.76. The van der Waals surface area contributed by atoms with Gasteiger partial charge in [-0.1, -0.05) is 0 Å². The highest BCUT2D eigenvalue weighted by Gasteiger charge is 2.21. The number of nitrogens with one attached hydrogen (secondary N) is 1. The van der Waals surface area contributed by atoms with Gasteiger partial charge in [0.1, 0.15) is 12.8 Å². The van der Waals surface area contributed by atoms with E-state index in [-0.39, 0.29) is 17.1 Å². The maximum atomic E-state index is 13.1. The molecule has 2 heterocycles. The third-order valence-corrected chi connectivity index (χ3v) is 2.65. The molecule has 0 bridgehead atoms. The van der Waals surface area contributed by atoms with Crippen molar-refractivity contribution in [3.05, 3.63) is 16.7 Å². The van der Waals surface area contributed by atoms with Crippen molar-refractivity contribution < 1.29 is 19.3 Å². The monoisotopic (exact) mass is 287 g/mol. The van der Waals surface area contributed by atoms with Gasteiger partial charge in [0, 0.05) is 0 Å². The highest BCUT2D eigenvalue weighted by atomic mass is 19.1. The number of rotatable bonds is 6. The summed E-state index contributed by atoms with van der Waals surface area (Å²) in [4.78, 5) is 21.6. The summed E-state index contributed by atoms with van der Waals surface area (Å²) < 4.78 is 19.5. The summed E-state index contributed by atoms with van der Waals surface area (Å²) in [5.41, 5.74) is 4.92. The normalized spacial score (nSPS) is 13.2. The molecule has 20 heavy (non-hydrogen) atoms. The summed E-state index contributed by atoms with van der Waals surface area (Å²) in [5.74, 6) is -0.136. The third kappa shape index (κ3) is 2.61. The van der Waals surface area contributed by atoms with Gasteiger partial charge >= 0.3 is 0 Å². The van der Waals surface area contributed by atoms with Gasteiger partial charge in [-0.05, 0) is 0 Å². The first-order chi connectivity index (χ1) is 9.60. The van der Waals surface area contributed by atoms with Crippen molar-refractivity contribution in [1.29, 1.82) is 0 Å². The second-order valence-electron chi connectivity index (χ2n) is 4.01. The van der Waals surface area contributed by atoms with Crippen molar-refractivity contribution in [2.24, 2.45) is 0 Å². The molecule has 0 aliphatic heterocycles. The van der Waals surface area contributed by atoms with E-state index in [1.807, 2.05) is 0 Å². The largest absolute Gasteiger partial charge is 0.394 e. The van der Waals surface area contributed by atoms with Gasteiger partial charge in [-0.3, -0.25) is 14.3 Å². The van der Waals surface area contributed by atoms with E-state index in [1.165, 1.54) is 10.9 Å². The number of aromatic nitrogens is 4. The van der Waals surface area contributed by atoms with E-state index >= 15 is 0 Å². The van der Waals surface area contributed by atoms with Crippen LogP contribution in [0.5, 0.6) is 0 Å². The predicted octanol–water partition coefficient (Wildman–Crippen LogP) is -1.46. The number of halogens is 1. The SMILES string of the molecule is Nc1nc2c(ncn2[C@@H](CF)OC(CO)CO)c(=O)[nH]1. The Balaban J connectivity index is 2.42. The number of anilines is 1. The number of nitrogen functional groups attached to an aromatic ring is 1. The maximum absolute atomic E-state index is 13.1. The Morgan fingerprint density at radius 1 is 1.50 bits per heavy atom. The summed E-state index contributed by atoms with van der Waals surface area (Å²) in [6.45, 7) is -1.91. The number of hydrogen-bond acceptors (Lipinski definition) is 7. The Labute approximate surface area is 111 Å². The summed E-state index contributed by atoms with van der Waals surface area (Å²) in [6.07, 6.45) is -0.951. The van der Waals surface area contributed by atoms with Gasteiger partial charge in [-0.2, -0.15) is 4.98 Å². The van der Waals surface area contributed by atoms with Crippen LogP contribution in [0.4, 0.5) is 10.3 Å². The maximum Gasteiger partial charge on any atom is 0.280 e. The molecule has 0 aliphatic carbocycles. The number of H-pyrrole nitrogens is 1. The molecule has 0 spiro atoms. The molecule has 2 aromatic heterocycles. The average molecular weight is 287 g/mol. The van der Waals surface area contributed by atoms with Crippen LogP contribution in [0.3, 0.4) is 0 Å². The minimum absolute atomic E-state index is 0.00852. The molecule has 0 amide bonds. The Kier molecular flexibility index (Phi) is 4.27. The fraction of sp³-hybridized carbons (Fsp3) is 0.500. The fourth-order valence-electron chi connectivity index (χ4n) is 1.70. The minimum Gasteiger partial charge on any atom is -0.394 e. The quantitative estimate of drug-likeness (QED) is 0.509. The Morgan fingerprint density at radius 2 is 2.20 bits per heavy atom. The van der Waals surface area contributed by atoms with Gasteiger partial charge < -0.3 is 20.7 Å². The molecular weight excluding hydrogens is 273 g/mol. The zero-order valence-electron chi connectivity index (χ0n) is 10.4. The van der Waals surface area contributed by atoms with Crippen LogP contribution in [-0.2, 0) is 4.74 Å². The lowest BCUT2D eigenvalue weighted by Crippen LogP contribution is -2.28. The molecule has 110 valence electrons. The standard InChI is InChI=1S/C10H14FN5O4/c11-1-6(20-5(2-17)3-18)16-4-13-7-8(16)14-10(12)15-9(7)19/h4-6,17-18H,1-3H2,(H3,12,14,15,19)/t6-/m1/s1. The van der Waals surface area contributed by atoms with Crippen molar-refractivity contribution in [3.63, 3.8) is 0 Å². The Hall–Kier alpha value is -2.04. The molecule has 0 saturated heterocycles. The number of imidazole rings is 1. The number of fused-ring (bicyclic) bond motifs is 1. The Morgan fingerprint density at radius 3 is 2.80 bits per heavy atom. The van der Waals surface area contributed by atoms with Gasteiger partial charge in [0.15, 0.2) is 17.4 Å². The zero-order chi connectivity index (χ0) is 14.7. The smallest absolute Gasteiger partial charge is 0.280 e. The van der Waals surface area contributed by atoms with Crippen molar-refractivity contribution >= 4 is 17.1 Å². The molecule has 0 fully saturated rings. The number of aliphatic hydroxyl groups is 2. The van der Waals surface area contributed by atoms with Crippen molar-refractivity contribution in [2.45, 2.75) is 12.3 Å². The lowest BCUT2D eigenvalue weighted by molar-refractivity contribution is -0.0998. The van der Waals surface area contributed by atoms with Gasteiger partial charge in [0.25, 0.3) is 5.56 Å². The van der Waals surface area contributed by atoms with Crippen LogP contribution in [0.1, 0.15) is 6.23 Å². The van der Waals surface area contributed by atoms with Crippen LogP contribution in [0.25, 0.3) is 11.2 Å². The lowest BCUT2D eigenvalue weighted by atomic mass is 10.4. The topological polar surface area (TPSA) is 139 Å². The Bertz CT molecular complexity index is 638. The number of aliphatic hydroxyl groups excluding tert-OH is 2. The molecule has 5 N–H and O–H groups in total. The van der Waals surface area contributed by atoms with Gasteiger partial charge in [0.2, 0.25) is 5.95 Å². The van der Waals surface area contributed by atoms with Crippen molar-refractivity contribution in [3.8, 4) is 0 Å². The van der Waals surface area contributed by atoms with Crippen LogP contribution in [-0.4, -0.2) is 55.7 Å². The summed E-state index contributed by atoms with van der Waals surface area (Å²) in [7, 11) is 0. The molecule has 2 rings (SSSR count). The molecule has 2 aromatic rings. The van der Waals surface area contributed by atoms with E-state index in [2.05, 4.69) is 15.0 Å². The first-order valence-corrected chi connectivity index (χ1v) is 5.76. The van der Waals surface area contributed by atoms with E-state index in [9.17, 15) is 9.18 Å². The predicted molar refractivity (Wildman–Crippen MR) is 66.6 cm³/mol. The molecule has 0 radical (unpaired) electrons. The van der Waals surface area contributed by atoms with Crippen LogP contribution in [0, 0.1) is 0 Å². The summed E-state index contributed by atoms with van der Waals surface area (Å²) in [6, 6.07) is 0. The summed E-state index contributed by atoms with van der Waals surface area (Å²) in [5, 5.41) is 17.9. The summed E-state index contributed by atoms with van der Waals surface area (Å²) >= 11 is 0. The van der Waals surface area contributed by atoms with Crippen molar-refractivity contribution in [2.75, 3.05) is 25.6 Å². The number of ether oxygens (including phenoxy) is 1. The molecule has 9 nitrogen and oxygen atoms in total. The van der Waals surface area contributed by atoms with E-state index < -0.39 is 37.8 Å². The molecular formula is C10H14FN5O4. The highest BCUT2D eigenvalue weighted by Crippen LogP contribution is 2.17. The third-order valence-electron chi connectivity index (χ3n) is 2.65. The molecule has 10 heteroatoms. The average Bonchev–Trinajstić information content (AvgIpc) is 2.84.